The Morgan fingerprint density at radius 2 is 1.90 bits per heavy atom. The molecule has 7 nitrogen and oxygen atoms in total. The zero-order valence-corrected chi connectivity index (χ0v) is 17.2. The van der Waals surface area contributed by atoms with Crippen LogP contribution in [0.25, 0.3) is 0 Å². The molecule has 3 rings (SSSR count). The van der Waals surface area contributed by atoms with Crippen molar-refractivity contribution in [2.24, 2.45) is 22.5 Å². The summed E-state index contributed by atoms with van der Waals surface area (Å²) in [5, 5.41) is 11.5. The summed E-state index contributed by atoms with van der Waals surface area (Å²) in [5.74, 6) is -1.90. The maximum absolute atomic E-state index is 13.2. The number of fused-ring (bicyclic) bond motifs is 2. The van der Waals surface area contributed by atoms with Crippen LogP contribution < -0.4 is 11.1 Å². The van der Waals surface area contributed by atoms with Crippen molar-refractivity contribution >= 4 is 17.8 Å². The third-order valence-corrected chi connectivity index (χ3v) is 6.76. The number of nitrogens with one attached hydrogen (secondary N) is 1. The zero-order valence-electron chi connectivity index (χ0n) is 17.2. The number of aliphatic carboxylic acids is 1. The molecule has 1 amide bonds. The van der Waals surface area contributed by atoms with Crippen LogP contribution in [-0.4, -0.2) is 35.1 Å². The van der Waals surface area contributed by atoms with E-state index in [0.29, 0.717) is 11.5 Å². The second-order valence-corrected chi connectivity index (χ2v) is 9.29. The topological polar surface area (TPSA) is 119 Å². The van der Waals surface area contributed by atoms with Crippen LogP contribution in [0, 0.1) is 16.7 Å². The van der Waals surface area contributed by atoms with Gasteiger partial charge in [-0.3, -0.25) is 9.59 Å². The van der Waals surface area contributed by atoms with E-state index in [2.05, 4.69) is 26.1 Å². The normalized spacial score (nSPS) is 29.1. The van der Waals surface area contributed by atoms with Gasteiger partial charge in [-0.05, 0) is 30.7 Å². The summed E-state index contributed by atoms with van der Waals surface area (Å²) in [6, 6.07) is 6.50. The fourth-order valence-electron chi connectivity index (χ4n) is 5.19. The van der Waals surface area contributed by atoms with Crippen LogP contribution in [0.4, 0.5) is 0 Å². The van der Waals surface area contributed by atoms with Gasteiger partial charge in [0.25, 0.3) is 0 Å². The number of benzene rings is 1. The first-order chi connectivity index (χ1) is 13.5. The molecular formula is C22H30N2O5. The molecule has 0 aromatic heterocycles. The summed E-state index contributed by atoms with van der Waals surface area (Å²) in [5.41, 5.74) is 6.05. The lowest BCUT2D eigenvalue weighted by Gasteiger charge is -2.42. The second-order valence-electron chi connectivity index (χ2n) is 9.29. The van der Waals surface area contributed by atoms with Crippen LogP contribution in [0.2, 0.25) is 0 Å². The zero-order chi connectivity index (χ0) is 21.4. The van der Waals surface area contributed by atoms with Crippen molar-refractivity contribution in [3.8, 4) is 0 Å². The van der Waals surface area contributed by atoms with Crippen molar-refractivity contribution in [3.05, 3.63) is 35.9 Å². The Kier molecular flexibility index (Phi) is 5.72. The van der Waals surface area contributed by atoms with Crippen molar-refractivity contribution in [2.75, 3.05) is 0 Å². The lowest BCUT2D eigenvalue weighted by molar-refractivity contribution is -0.168. The molecule has 2 fully saturated rings. The van der Waals surface area contributed by atoms with Gasteiger partial charge in [-0.15, -0.1) is 0 Å². The lowest BCUT2D eigenvalue weighted by atomic mass is 9.70. The molecule has 0 aliphatic heterocycles. The number of carbonyl (C=O) groups is 3. The molecule has 0 heterocycles. The number of hydrogen-bond donors (Lipinski definition) is 3. The Morgan fingerprint density at radius 3 is 2.45 bits per heavy atom. The van der Waals surface area contributed by atoms with Crippen LogP contribution in [-0.2, 0) is 19.1 Å². The van der Waals surface area contributed by atoms with Gasteiger partial charge in [0, 0.05) is 10.8 Å². The van der Waals surface area contributed by atoms with E-state index in [9.17, 15) is 14.4 Å². The van der Waals surface area contributed by atoms with Gasteiger partial charge in [0.1, 0.15) is 6.10 Å². The van der Waals surface area contributed by atoms with Gasteiger partial charge in [0.2, 0.25) is 5.91 Å². The third kappa shape index (κ3) is 4.15. The number of rotatable bonds is 7. The highest BCUT2D eigenvalue weighted by Gasteiger charge is 2.61. The highest BCUT2D eigenvalue weighted by molar-refractivity contribution is 5.90. The maximum Gasteiger partial charge on any atom is 0.333 e. The molecule has 29 heavy (non-hydrogen) atoms. The first kappa shape index (κ1) is 21.3. The number of esters is 1. The van der Waals surface area contributed by atoms with E-state index in [1.807, 2.05) is 6.07 Å². The standard InChI is InChI=1S/C22H30N2O5/c1-21(2)14-9-10-22(3,12-14)20(21)29-19(28)17(13-7-5-4-6-8-13)24-18(27)15(23)11-16(25)26/h4-8,14-15,17,20H,9-12,23H2,1-3H3,(H,24,27)(H,25,26)/t14-,15-,17+,20-,22?/m0/s1. The first-order valence-corrected chi connectivity index (χ1v) is 10.1. The maximum atomic E-state index is 13.2. The van der Waals surface area contributed by atoms with E-state index in [0.717, 1.165) is 19.3 Å². The quantitative estimate of drug-likeness (QED) is 0.603. The number of carboxylic acid groups (broad SMARTS) is 1. The third-order valence-electron chi connectivity index (χ3n) is 6.76. The predicted octanol–water partition coefficient (Wildman–Crippen LogP) is 2.40. The Hall–Kier alpha value is -2.41. The SMILES string of the molecule is CC12CC[C@@H](C1)C(C)(C)[C@@H]2OC(=O)[C@H](NC(=O)[C@@H](N)CC(=O)O)c1ccccc1. The molecule has 1 aromatic rings. The van der Waals surface area contributed by atoms with Crippen molar-refractivity contribution in [1.82, 2.24) is 5.32 Å². The molecule has 1 aromatic carbocycles. The predicted molar refractivity (Wildman–Crippen MR) is 107 cm³/mol. The molecule has 0 radical (unpaired) electrons. The van der Waals surface area contributed by atoms with Crippen LogP contribution in [0.5, 0.6) is 0 Å². The van der Waals surface area contributed by atoms with Crippen molar-refractivity contribution < 1.29 is 24.2 Å². The fourth-order valence-corrected chi connectivity index (χ4v) is 5.19. The molecule has 0 saturated heterocycles. The average Bonchev–Trinajstić information content (AvgIpc) is 3.14. The van der Waals surface area contributed by atoms with E-state index in [-0.39, 0.29) is 16.9 Å². The van der Waals surface area contributed by atoms with E-state index in [1.54, 1.807) is 24.3 Å². The molecule has 0 spiro atoms. The number of hydrogen-bond acceptors (Lipinski definition) is 5. The Morgan fingerprint density at radius 1 is 1.24 bits per heavy atom. The summed E-state index contributed by atoms with van der Waals surface area (Å²) >= 11 is 0. The molecule has 2 aliphatic rings. The number of carbonyl (C=O) groups excluding carboxylic acids is 2. The van der Waals surface area contributed by atoms with Crippen LogP contribution in [0.15, 0.2) is 30.3 Å². The summed E-state index contributed by atoms with van der Waals surface area (Å²) in [7, 11) is 0. The van der Waals surface area contributed by atoms with Gasteiger partial charge in [0.05, 0.1) is 12.5 Å². The van der Waals surface area contributed by atoms with Crippen LogP contribution >= 0.6 is 0 Å². The van der Waals surface area contributed by atoms with Gasteiger partial charge in [-0.25, -0.2) is 4.79 Å². The van der Waals surface area contributed by atoms with Crippen LogP contribution in [0.1, 0.15) is 58.1 Å². The Balaban J connectivity index is 1.80. The highest BCUT2D eigenvalue weighted by atomic mass is 16.5. The lowest BCUT2D eigenvalue weighted by Crippen LogP contribution is -2.48. The largest absolute Gasteiger partial charge is 0.481 e. The summed E-state index contributed by atoms with van der Waals surface area (Å²) < 4.78 is 6.03. The fraction of sp³-hybridized carbons (Fsp3) is 0.591. The first-order valence-electron chi connectivity index (χ1n) is 10.1. The monoisotopic (exact) mass is 402 g/mol. The Labute approximate surface area is 171 Å². The van der Waals surface area contributed by atoms with E-state index >= 15 is 0 Å². The molecule has 158 valence electrons. The minimum absolute atomic E-state index is 0.0607. The molecule has 7 heteroatoms. The van der Waals surface area contributed by atoms with E-state index < -0.39 is 36.4 Å². The number of amides is 1. The minimum atomic E-state index is -1.25. The van der Waals surface area contributed by atoms with Crippen molar-refractivity contribution in [3.63, 3.8) is 0 Å². The van der Waals surface area contributed by atoms with Gasteiger partial charge in [0.15, 0.2) is 6.04 Å². The summed E-state index contributed by atoms with van der Waals surface area (Å²) in [6.07, 6.45) is 2.43. The summed E-state index contributed by atoms with van der Waals surface area (Å²) in [6.45, 7) is 6.44. The van der Waals surface area contributed by atoms with Crippen LogP contribution in [0.3, 0.4) is 0 Å². The molecule has 2 saturated carbocycles. The molecular weight excluding hydrogens is 372 g/mol. The van der Waals surface area contributed by atoms with Crippen molar-refractivity contribution in [1.29, 1.82) is 0 Å². The van der Waals surface area contributed by atoms with Crippen molar-refractivity contribution in [2.45, 2.75) is 64.6 Å². The van der Waals surface area contributed by atoms with E-state index in [1.165, 1.54) is 0 Å². The Bertz CT molecular complexity index is 789. The molecule has 2 aliphatic carbocycles. The number of ether oxygens (including phenoxy) is 1. The van der Waals surface area contributed by atoms with E-state index in [4.69, 9.17) is 15.6 Å². The van der Waals surface area contributed by atoms with Gasteiger partial charge in [-0.2, -0.15) is 0 Å². The molecule has 2 bridgehead atoms. The minimum Gasteiger partial charge on any atom is -0.481 e. The smallest absolute Gasteiger partial charge is 0.333 e. The second kappa shape index (κ2) is 7.78. The average molecular weight is 402 g/mol. The van der Waals surface area contributed by atoms with Gasteiger partial charge >= 0.3 is 11.9 Å². The molecule has 5 atom stereocenters. The molecule has 1 unspecified atom stereocenters. The van der Waals surface area contributed by atoms with Gasteiger partial charge in [-0.1, -0.05) is 51.1 Å². The van der Waals surface area contributed by atoms with Gasteiger partial charge < -0.3 is 20.9 Å². The number of nitrogens with two attached hydrogens (primary N) is 1. The summed E-state index contributed by atoms with van der Waals surface area (Å²) in [4.78, 5) is 36.5. The molecule has 4 N–H and O–H groups in total. The number of carboxylic acids is 1. The highest BCUT2D eigenvalue weighted by Crippen LogP contribution is 2.63.